The molecule has 0 amide bonds. The summed E-state index contributed by atoms with van der Waals surface area (Å²) in [5.74, 6) is 8.40. The van der Waals surface area contributed by atoms with Gasteiger partial charge in [-0.05, 0) is 29.8 Å². The van der Waals surface area contributed by atoms with Crippen LogP contribution in [0, 0.1) is 0 Å². The van der Waals surface area contributed by atoms with Crippen LogP contribution < -0.4 is 30.9 Å². The Balaban J connectivity index is 1.76. The number of anilines is 2. The van der Waals surface area contributed by atoms with Gasteiger partial charge in [-0.25, -0.2) is 0 Å². The molecule has 3 aromatic rings. The van der Waals surface area contributed by atoms with Gasteiger partial charge in [-0.2, -0.15) is 4.68 Å². The van der Waals surface area contributed by atoms with E-state index in [4.69, 9.17) is 20.1 Å². The molecular weight excluding hydrogens is 394 g/mol. The molecule has 0 spiro atoms. The summed E-state index contributed by atoms with van der Waals surface area (Å²) in [7, 11) is 4.69. The zero-order valence-corrected chi connectivity index (χ0v) is 17.0. The molecule has 10 heteroatoms. The quantitative estimate of drug-likeness (QED) is 0.423. The second-order valence-corrected chi connectivity index (χ2v) is 6.78. The van der Waals surface area contributed by atoms with E-state index >= 15 is 0 Å². The van der Waals surface area contributed by atoms with Gasteiger partial charge in [0, 0.05) is 11.8 Å². The summed E-state index contributed by atoms with van der Waals surface area (Å²) in [5.41, 5.74) is 1.07. The molecule has 0 bridgehead atoms. The Bertz CT molecular complexity index is 1040. The number of rotatable bonds is 8. The number of thioether (sulfide) groups is 1. The summed E-state index contributed by atoms with van der Waals surface area (Å²) in [6.45, 7) is 0. The lowest BCUT2D eigenvalue weighted by Crippen LogP contribution is -2.32. The smallest absolute Gasteiger partial charge is 0.315 e. The molecule has 0 aliphatic rings. The Morgan fingerprint density at radius 2 is 1.69 bits per heavy atom. The van der Waals surface area contributed by atoms with Gasteiger partial charge in [-0.1, -0.05) is 23.9 Å². The van der Waals surface area contributed by atoms with Crippen molar-refractivity contribution in [3.63, 3.8) is 0 Å². The number of nitrogen functional groups attached to an aromatic ring is 1. The average molecular weight is 415 g/mol. The normalized spacial score (nSPS) is 10.4. The molecule has 2 aromatic carbocycles. The Labute approximate surface area is 171 Å². The number of methoxy groups -OCH3 is 3. The molecule has 0 fully saturated rings. The maximum absolute atomic E-state index is 12.6. The van der Waals surface area contributed by atoms with Crippen LogP contribution in [0.15, 0.2) is 52.4 Å². The van der Waals surface area contributed by atoms with E-state index in [1.54, 1.807) is 32.4 Å². The van der Waals surface area contributed by atoms with Crippen LogP contribution >= 0.6 is 11.8 Å². The summed E-state index contributed by atoms with van der Waals surface area (Å²) in [6, 6.07) is 12.7. The first-order valence-electron chi connectivity index (χ1n) is 8.55. The third kappa shape index (κ3) is 4.72. The highest BCUT2D eigenvalue weighted by atomic mass is 32.2. The minimum atomic E-state index is -0.505. The van der Waals surface area contributed by atoms with Crippen LogP contribution in [0.3, 0.4) is 0 Å². The van der Waals surface area contributed by atoms with Crippen LogP contribution in [0.5, 0.6) is 17.2 Å². The molecule has 29 heavy (non-hydrogen) atoms. The average Bonchev–Trinajstić information content (AvgIpc) is 2.77. The Kier molecular flexibility index (Phi) is 6.45. The van der Waals surface area contributed by atoms with E-state index in [2.05, 4.69) is 15.5 Å². The van der Waals surface area contributed by atoms with Crippen molar-refractivity contribution in [2.75, 3.05) is 32.5 Å². The fourth-order valence-corrected chi connectivity index (χ4v) is 3.27. The van der Waals surface area contributed by atoms with Gasteiger partial charge in [-0.15, -0.1) is 10.2 Å². The number of hydrogen-bond donors (Lipinski definition) is 2. The first-order valence-corrected chi connectivity index (χ1v) is 9.54. The first-order chi connectivity index (χ1) is 14.0. The number of hydrogen-bond acceptors (Lipinski definition) is 9. The Morgan fingerprint density at radius 1 is 1.00 bits per heavy atom. The molecule has 0 unspecified atom stereocenters. The maximum Gasteiger partial charge on any atom is 0.315 e. The van der Waals surface area contributed by atoms with Crippen LogP contribution in [0.1, 0.15) is 5.56 Å². The SMILES string of the molecule is COc1ccc(CSc2nnc(Nc3ccc(OC)cc3OC)c(=O)n2N)cc1. The van der Waals surface area contributed by atoms with Gasteiger partial charge in [0.2, 0.25) is 11.0 Å². The molecule has 9 nitrogen and oxygen atoms in total. The Morgan fingerprint density at radius 3 is 2.34 bits per heavy atom. The molecular formula is C19H21N5O4S. The predicted octanol–water partition coefficient (Wildman–Crippen LogP) is 2.41. The van der Waals surface area contributed by atoms with Crippen molar-refractivity contribution in [3.05, 3.63) is 58.4 Å². The van der Waals surface area contributed by atoms with Crippen LogP contribution in [-0.2, 0) is 5.75 Å². The standard InChI is InChI=1S/C19H21N5O4S/c1-26-13-6-4-12(5-7-13)11-29-19-23-22-17(18(25)24(19)20)21-15-9-8-14(27-2)10-16(15)28-3/h4-10H,11,20H2,1-3H3,(H,21,22). The zero-order valence-electron chi connectivity index (χ0n) is 16.2. The fraction of sp³-hybridized carbons (Fsp3) is 0.211. The Hall–Kier alpha value is -3.40. The number of aromatic nitrogens is 3. The molecule has 1 aromatic heterocycles. The van der Waals surface area contributed by atoms with E-state index < -0.39 is 5.56 Å². The molecule has 0 atom stereocenters. The van der Waals surface area contributed by atoms with Gasteiger partial charge in [0.05, 0.1) is 27.0 Å². The molecule has 0 aliphatic carbocycles. The summed E-state index contributed by atoms with van der Waals surface area (Å²) in [6.07, 6.45) is 0. The van der Waals surface area contributed by atoms with Crippen LogP contribution in [0.4, 0.5) is 11.5 Å². The molecule has 0 radical (unpaired) electrons. The molecule has 0 aliphatic heterocycles. The number of nitrogens with zero attached hydrogens (tertiary/aromatic N) is 3. The van der Waals surface area contributed by atoms with Crippen LogP contribution in [0.25, 0.3) is 0 Å². The summed E-state index contributed by atoms with van der Waals surface area (Å²) < 4.78 is 16.6. The second kappa shape index (κ2) is 9.20. The van der Waals surface area contributed by atoms with E-state index in [1.165, 1.54) is 18.9 Å². The van der Waals surface area contributed by atoms with Gasteiger partial charge in [-0.3, -0.25) is 4.79 Å². The van der Waals surface area contributed by atoms with Crippen LogP contribution in [-0.4, -0.2) is 36.2 Å². The van der Waals surface area contributed by atoms with Gasteiger partial charge in [0.1, 0.15) is 17.2 Å². The zero-order chi connectivity index (χ0) is 20.8. The van der Waals surface area contributed by atoms with Crippen molar-refractivity contribution >= 4 is 23.3 Å². The molecule has 3 N–H and O–H groups in total. The lowest BCUT2D eigenvalue weighted by Gasteiger charge is -2.12. The van der Waals surface area contributed by atoms with Gasteiger partial charge >= 0.3 is 5.56 Å². The van der Waals surface area contributed by atoms with Crippen molar-refractivity contribution in [2.24, 2.45) is 0 Å². The lowest BCUT2D eigenvalue weighted by atomic mass is 10.2. The number of nitrogens with one attached hydrogen (secondary N) is 1. The van der Waals surface area contributed by atoms with E-state index in [0.29, 0.717) is 28.1 Å². The van der Waals surface area contributed by atoms with E-state index in [1.807, 2.05) is 24.3 Å². The third-order valence-electron chi connectivity index (χ3n) is 4.05. The van der Waals surface area contributed by atoms with Crippen molar-refractivity contribution in [3.8, 4) is 17.2 Å². The molecule has 152 valence electrons. The summed E-state index contributed by atoms with van der Waals surface area (Å²) >= 11 is 1.31. The van der Waals surface area contributed by atoms with Crippen molar-refractivity contribution in [1.82, 2.24) is 14.9 Å². The highest BCUT2D eigenvalue weighted by molar-refractivity contribution is 7.98. The molecule has 0 saturated carbocycles. The van der Waals surface area contributed by atoms with Gasteiger partial charge in [0.25, 0.3) is 0 Å². The highest BCUT2D eigenvalue weighted by Crippen LogP contribution is 2.30. The van der Waals surface area contributed by atoms with Crippen molar-refractivity contribution in [1.29, 1.82) is 0 Å². The van der Waals surface area contributed by atoms with Gasteiger partial charge in [0.15, 0.2) is 0 Å². The summed E-state index contributed by atoms with van der Waals surface area (Å²) in [4.78, 5) is 12.6. The van der Waals surface area contributed by atoms with E-state index in [-0.39, 0.29) is 5.82 Å². The van der Waals surface area contributed by atoms with Crippen LogP contribution in [0.2, 0.25) is 0 Å². The summed E-state index contributed by atoms with van der Waals surface area (Å²) in [5, 5.41) is 11.3. The number of ether oxygens (including phenoxy) is 3. The lowest BCUT2D eigenvalue weighted by molar-refractivity contribution is 0.395. The fourth-order valence-electron chi connectivity index (χ4n) is 2.46. The second-order valence-electron chi connectivity index (χ2n) is 5.83. The largest absolute Gasteiger partial charge is 0.497 e. The topological polar surface area (TPSA) is 114 Å². The molecule has 0 saturated heterocycles. The monoisotopic (exact) mass is 415 g/mol. The molecule has 3 rings (SSSR count). The number of nitrogens with two attached hydrogens (primary N) is 1. The first kappa shape index (κ1) is 20.3. The van der Waals surface area contributed by atoms with E-state index in [0.717, 1.165) is 16.0 Å². The van der Waals surface area contributed by atoms with E-state index in [9.17, 15) is 4.79 Å². The minimum absolute atomic E-state index is 0.00948. The highest BCUT2D eigenvalue weighted by Gasteiger charge is 2.13. The molecule has 1 heterocycles. The number of benzene rings is 2. The third-order valence-corrected chi connectivity index (χ3v) is 5.07. The predicted molar refractivity (Wildman–Crippen MR) is 112 cm³/mol. The van der Waals surface area contributed by atoms with Crippen molar-refractivity contribution in [2.45, 2.75) is 10.9 Å². The van der Waals surface area contributed by atoms with Crippen molar-refractivity contribution < 1.29 is 14.2 Å². The van der Waals surface area contributed by atoms with Gasteiger partial charge < -0.3 is 25.4 Å². The minimum Gasteiger partial charge on any atom is -0.497 e. The maximum atomic E-state index is 12.6.